The average Bonchev–Trinajstić information content (AvgIpc) is 2.07. The molecule has 1 rings (SSSR count). The van der Waals surface area contributed by atoms with Crippen molar-refractivity contribution in [3.63, 3.8) is 0 Å². The molecule has 1 nitrogen and oxygen atoms in total. The highest BCUT2D eigenvalue weighted by Crippen LogP contribution is 2.35. The van der Waals surface area contributed by atoms with Gasteiger partial charge in [0.05, 0.1) is 15.6 Å². The highest BCUT2D eigenvalue weighted by atomic mass is 35.5. The van der Waals surface area contributed by atoms with E-state index in [4.69, 9.17) is 23.2 Å². The maximum Gasteiger partial charge on any atom is 0.417 e. The van der Waals surface area contributed by atoms with Gasteiger partial charge < -0.3 is 0 Å². The normalized spacial score (nSPS) is 11.5. The van der Waals surface area contributed by atoms with Gasteiger partial charge in [-0.2, -0.15) is 13.2 Å². The van der Waals surface area contributed by atoms with Crippen LogP contribution in [0.25, 0.3) is 0 Å². The van der Waals surface area contributed by atoms with Crippen molar-refractivity contribution in [2.24, 2.45) is 0 Å². The molecule has 0 aliphatic carbocycles. The molecule has 76 valence electrons. The zero-order valence-corrected chi connectivity index (χ0v) is 8.04. The van der Waals surface area contributed by atoms with Crippen LogP contribution >= 0.6 is 23.2 Å². The van der Waals surface area contributed by atoms with Crippen molar-refractivity contribution < 1.29 is 18.0 Å². The van der Waals surface area contributed by atoms with Gasteiger partial charge in [0.15, 0.2) is 6.29 Å². The SMILES string of the molecule is O=Cc1cc(Cl)c(Cl)cc1C(F)(F)F. The van der Waals surface area contributed by atoms with Crippen LogP contribution in [0.1, 0.15) is 15.9 Å². The van der Waals surface area contributed by atoms with Crippen molar-refractivity contribution in [1.29, 1.82) is 0 Å². The Hall–Kier alpha value is -0.740. The van der Waals surface area contributed by atoms with Crippen LogP contribution in [0.15, 0.2) is 12.1 Å². The molecular weight excluding hydrogens is 240 g/mol. The number of carbonyl (C=O) groups excluding carboxylic acids is 1. The van der Waals surface area contributed by atoms with Crippen molar-refractivity contribution in [1.82, 2.24) is 0 Å². The Balaban J connectivity index is 3.42. The van der Waals surface area contributed by atoms with E-state index in [2.05, 4.69) is 0 Å². The Bertz CT molecular complexity index is 374. The van der Waals surface area contributed by atoms with Gasteiger partial charge in [-0.15, -0.1) is 0 Å². The van der Waals surface area contributed by atoms with Gasteiger partial charge in [0.25, 0.3) is 0 Å². The molecule has 0 aliphatic heterocycles. The molecule has 0 heterocycles. The number of halogens is 5. The summed E-state index contributed by atoms with van der Waals surface area (Å²) in [5.41, 5.74) is -1.60. The summed E-state index contributed by atoms with van der Waals surface area (Å²) in [5, 5.41) is -0.314. The molecule has 0 radical (unpaired) electrons. The van der Waals surface area contributed by atoms with Gasteiger partial charge in [0.2, 0.25) is 0 Å². The molecule has 0 saturated carbocycles. The van der Waals surface area contributed by atoms with Gasteiger partial charge in [-0.3, -0.25) is 4.79 Å². The Morgan fingerprint density at radius 2 is 1.64 bits per heavy atom. The van der Waals surface area contributed by atoms with Gasteiger partial charge >= 0.3 is 6.18 Å². The lowest BCUT2D eigenvalue weighted by Gasteiger charge is -2.10. The van der Waals surface area contributed by atoms with E-state index in [1.807, 2.05) is 0 Å². The van der Waals surface area contributed by atoms with E-state index < -0.39 is 17.3 Å². The maximum atomic E-state index is 12.3. The first-order valence-corrected chi connectivity index (χ1v) is 4.13. The Morgan fingerprint density at radius 3 is 2.07 bits per heavy atom. The second-order valence-electron chi connectivity index (χ2n) is 2.47. The van der Waals surface area contributed by atoms with E-state index in [1.54, 1.807) is 0 Å². The fourth-order valence-corrected chi connectivity index (χ4v) is 1.24. The molecule has 1 aromatic rings. The van der Waals surface area contributed by atoms with Crippen LogP contribution in [-0.2, 0) is 6.18 Å². The van der Waals surface area contributed by atoms with E-state index in [0.29, 0.717) is 6.07 Å². The largest absolute Gasteiger partial charge is 0.417 e. The minimum atomic E-state index is -4.61. The van der Waals surface area contributed by atoms with Gasteiger partial charge in [-0.25, -0.2) is 0 Å². The zero-order chi connectivity index (χ0) is 10.9. The molecule has 0 saturated heterocycles. The lowest BCUT2D eigenvalue weighted by atomic mass is 10.1. The predicted octanol–water partition coefficient (Wildman–Crippen LogP) is 3.82. The van der Waals surface area contributed by atoms with Crippen molar-refractivity contribution in [2.45, 2.75) is 6.18 Å². The third-order valence-electron chi connectivity index (χ3n) is 1.52. The van der Waals surface area contributed by atoms with E-state index in [0.717, 1.165) is 6.07 Å². The molecule has 1 aromatic carbocycles. The first-order chi connectivity index (χ1) is 6.36. The van der Waals surface area contributed by atoms with Gasteiger partial charge in [0, 0.05) is 5.56 Å². The number of rotatable bonds is 1. The lowest BCUT2D eigenvalue weighted by molar-refractivity contribution is -0.137. The summed E-state index contributed by atoms with van der Waals surface area (Å²) in [6, 6.07) is 1.52. The maximum absolute atomic E-state index is 12.3. The minimum Gasteiger partial charge on any atom is -0.298 e. The summed E-state index contributed by atoms with van der Waals surface area (Å²) in [4.78, 5) is 10.3. The van der Waals surface area contributed by atoms with Crippen LogP contribution < -0.4 is 0 Å². The quantitative estimate of drug-likeness (QED) is 0.685. The monoisotopic (exact) mass is 242 g/mol. The molecule has 0 atom stereocenters. The molecule has 0 N–H and O–H groups in total. The third-order valence-corrected chi connectivity index (χ3v) is 2.25. The van der Waals surface area contributed by atoms with Gasteiger partial charge in [-0.05, 0) is 12.1 Å². The number of hydrogen-bond donors (Lipinski definition) is 0. The molecule has 0 spiro atoms. The molecule has 0 amide bonds. The molecule has 0 fully saturated rings. The summed E-state index contributed by atoms with van der Waals surface area (Å²) in [7, 11) is 0. The molecular formula is C8H3Cl2F3O. The number of benzene rings is 1. The smallest absolute Gasteiger partial charge is 0.298 e. The fraction of sp³-hybridized carbons (Fsp3) is 0.125. The van der Waals surface area contributed by atoms with E-state index >= 15 is 0 Å². The Labute approximate surface area is 87.4 Å². The number of aldehydes is 1. The molecule has 0 unspecified atom stereocenters. The Kier molecular flexibility index (Phi) is 3.07. The average molecular weight is 243 g/mol. The van der Waals surface area contributed by atoms with Crippen molar-refractivity contribution in [2.75, 3.05) is 0 Å². The Morgan fingerprint density at radius 1 is 1.14 bits per heavy atom. The van der Waals surface area contributed by atoms with Gasteiger partial charge in [0.1, 0.15) is 0 Å². The van der Waals surface area contributed by atoms with Crippen LogP contribution in [0.3, 0.4) is 0 Å². The second-order valence-corrected chi connectivity index (χ2v) is 3.28. The molecule has 0 aliphatic rings. The molecule has 14 heavy (non-hydrogen) atoms. The van der Waals surface area contributed by atoms with Crippen LogP contribution in [0, 0.1) is 0 Å². The molecule has 6 heteroatoms. The standard InChI is InChI=1S/C8H3Cl2F3O/c9-6-1-4(3-14)5(2-7(6)10)8(11,12)13/h1-3H. The summed E-state index contributed by atoms with van der Waals surface area (Å²) in [6.07, 6.45) is -4.52. The highest BCUT2D eigenvalue weighted by Gasteiger charge is 2.34. The molecule has 0 aromatic heterocycles. The first-order valence-electron chi connectivity index (χ1n) is 3.37. The predicted molar refractivity (Wildman–Crippen MR) is 46.9 cm³/mol. The van der Waals surface area contributed by atoms with Crippen LogP contribution in [0.2, 0.25) is 10.0 Å². The van der Waals surface area contributed by atoms with Crippen molar-refractivity contribution in [3.05, 3.63) is 33.3 Å². The number of carbonyl (C=O) groups is 1. The minimum absolute atomic E-state index is 0.0817. The summed E-state index contributed by atoms with van der Waals surface area (Å²) < 4.78 is 36.9. The number of hydrogen-bond acceptors (Lipinski definition) is 1. The summed E-state index contributed by atoms with van der Waals surface area (Å²) in [6.45, 7) is 0. The van der Waals surface area contributed by atoms with E-state index in [1.165, 1.54) is 0 Å². The van der Waals surface area contributed by atoms with Crippen molar-refractivity contribution >= 4 is 29.5 Å². The van der Waals surface area contributed by atoms with Crippen LogP contribution in [0.4, 0.5) is 13.2 Å². The zero-order valence-electron chi connectivity index (χ0n) is 6.53. The van der Waals surface area contributed by atoms with Gasteiger partial charge in [-0.1, -0.05) is 23.2 Å². The van der Waals surface area contributed by atoms with Crippen LogP contribution in [-0.4, -0.2) is 6.29 Å². The third kappa shape index (κ3) is 2.19. The highest BCUT2D eigenvalue weighted by molar-refractivity contribution is 6.42. The summed E-state index contributed by atoms with van der Waals surface area (Å²) >= 11 is 10.9. The van der Waals surface area contributed by atoms with E-state index in [9.17, 15) is 18.0 Å². The van der Waals surface area contributed by atoms with E-state index in [-0.39, 0.29) is 16.3 Å². The van der Waals surface area contributed by atoms with Crippen LogP contribution in [0.5, 0.6) is 0 Å². The second kappa shape index (κ2) is 3.79. The first kappa shape index (κ1) is 11.3. The molecule has 0 bridgehead atoms. The van der Waals surface area contributed by atoms with Crippen molar-refractivity contribution in [3.8, 4) is 0 Å². The lowest BCUT2D eigenvalue weighted by Crippen LogP contribution is -2.08. The fourth-order valence-electron chi connectivity index (χ4n) is 0.905. The topological polar surface area (TPSA) is 17.1 Å². The summed E-state index contributed by atoms with van der Waals surface area (Å²) in [5.74, 6) is 0. The number of alkyl halides is 3.